The van der Waals surface area contributed by atoms with Crippen LogP contribution in [0.5, 0.6) is 11.5 Å². The van der Waals surface area contributed by atoms with Crippen LogP contribution in [0, 0.1) is 10.1 Å². The van der Waals surface area contributed by atoms with Gasteiger partial charge in [0.2, 0.25) is 0 Å². The number of anilines is 1. The van der Waals surface area contributed by atoms with E-state index in [1.54, 1.807) is 18.2 Å². The molecular formula is C21H20N2O9S. The molecule has 0 atom stereocenters. The van der Waals surface area contributed by atoms with Crippen LogP contribution in [0.15, 0.2) is 41.3 Å². The third-order valence-corrected chi connectivity index (χ3v) is 6.45. The summed E-state index contributed by atoms with van der Waals surface area (Å²) < 4.78 is 40.1. The molecule has 0 aromatic heterocycles. The molecule has 1 saturated carbocycles. The number of sulfone groups is 1. The number of nitrogens with zero attached hydrogens (tertiary/aromatic N) is 1. The topological polar surface area (TPSA) is 151 Å². The standard InChI is InChI=1S/C21H20N2O9S/c1-33(28,29)18-7-4-13(10-15(18)23(26)27)20(25)30-12-19(24)22-14-5-6-16-17(11-14)32-21(31-16)8-2-3-9-21/h4-7,10-11H,2-3,8-9,12H2,1H3,(H,22,24). The lowest BCUT2D eigenvalue weighted by Crippen LogP contribution is -2.34. The van der Waals surface area contributed by atoms with Gasteiger partial charge in [-0.2, -0.15) is 0 Å². The van der Waals surface area contributed by atoms with Crippen LogP contribution in [0.25, 0.3) is 0 Å². The molecule has 174 valence electrons. The van der Waals surface area contributed by atoms with Gasteiger partial charge in [0, 0.05) is 36.9 Å². The Labute approximate surface area is 188 Å². The molecule has 2 aromatic carbocycles. The molecule has 33 heavy (non-hydrogen) atoms. The maximum Gasteiger partial charge on any atom is 0.338 e. The molecule has 11 nitrogen and oxygen atoms in total. The predicted molar refractivity (Wildman–Crippen MR) is 114 cm³/mol. The van der Waals surface area contributed by atoms with Crippen molar-refractivity contribution >= 4 is 33.1 Å². The monoisotopic (exact) mass is 476 g/mol. The van der Waals surface area contributed by atoms with Gasteiger partial charge in [0.25, 0.3) is 17.4 Å². The normalized spacial score (nSPS) is 15.9. The first-order chi connectivity index (χ1) is 15.6. The van der Waals surface area contributed by atoms with Gasteiger partial charge < -0.3 is 19.5 Å². The van der Waals surface area contributed by atoms with Crippen LogP contribution >= 0.6 is 0 Å². The second kappa shape index (κ2) is 8.35. The average Bonchev–Trinajstić information content (AvgIpc) is 3.36. The lowest BCUT2D eigenvalue weighted by atomic mass is 10.2. The minimum Gasteiger partial charge on any atom is -0.452 e. The summed E-state index contributed by atoms with van der Waals surface area (Å²) in [5.41, 5.74) is -0.592. The van der Waals surface area contributed by atoms with Gasteiger partial charge in [-0.05, 0) is 37.1 Å². The second-order valence-electron chi connectivity index (χ2n) is 7.82. The van der Waals surface area contributed by atoms with Crippen LogP contribution in [-0.2, 0) is 19.4 Å². The molecule has 0 bridgehead atoms. The van der Waals surface area contributed by atoms with Crippen LogP contribution in [0.3, 0.4) is 0 Å². The van der Waals surface area contributed by atoms with E-state index >= 15 is 0 Å². The highest BCUT2D eigenvalue weighted by Gasteiger charge is 2.44. The summed E-state index contributed by atoms with van der Waals surface area (Å²) >= 11 is 0. The van der Waals surface area contributed by atoms with Crippen molar-refractivity contribution in [3.8, 4) is 11.5 Å². The van der Waals surface area contributed by atoms with Crippen LogP contribution in [0.4, 0.5) is 11.4 Å². The van der Waals surface area contributed by atoms with Crippen molar-refractivity contribution in [3.05, 3.63) is 52.1 Å². The number of benzene rings is 2. The molecule has 1 aliphatic carbocycles. The van der Waals surface area contributed by atoms with Gasteiger partial charge in [-0.15, -0.1) is 0 Å². The third-order valence-electron chi connectivity index (χ3n) is 5.31. The summed E-state index contributed by atoms with van der Waals surface area (Å²) in [6.07, 6.45) is 4.44. The van der Waals surface area contributed by atoms with Crippen molar-refractivity contribution in [2.75, 3.05) is 18.2 Å². The smallest absolute Gasteiger partial charge is 0.338 e. The Morgan fingerprint density at radius 3 is 2.48 bits per heavy atom. The Balaban J connectivity index is 1.37. The number of nitrogens with one attached hydrogen (secondary N) is 1. The van der Waals surface area contributed by atoms with Crippen molar-refractivity contribution in [1.82, 2.24) is 0 Å². The summed E-state index contributed by atoms with van der Waals surface area (Å²) in [5, 5.41) is 13.8. The van der Waals surface area contributed by atoms with E-state index < -0.39 is 49.6 Å². The van der Waals surface area contributed by atoms with Gasteiger partial charge in [-0.1, -0.05) is 0 Å². The Kier molecular flexibility index (Phi) is 5.70. The SMILES string of the molecule is CS(=O)(=O)c1ccc(C(=O)OCC(=O)Nc2ccc3c(c2)OC2(CCCC2)O3)cc1[N+](=O)[O-]. The molecule has 4 rings (SSSR count). The van der Waals surface area contributed by atoms with E-state index in [2.05, 4.69) is 5.32 Å². The molecule has 2 aliphatic rings. The van der Waals surface area contributed by atoms with E-state index in [0.29, 0.717) is 17.2 Å². The largest absolute Gasteiger partial charge is 0.452 e. The van der Waals surface area contributed by atoms with Gasteiger partial charge >= 0.3 is 5.97 Å². The van der Waals surface area contributed by atoms with Gasteiger partial charge in [0.15, 0.2) is 27.9 Å². The fourth-order valence-electron chi connectivity index (χ4n) is 3.80. The fourth-order valence-corrected chi connectivity index (χ4v) is 4.63. The molecule has 1 fully saturated rings. The molecule has 1 amide bonds. The molecule has 0 radical (unpaired) electrons. The maximum atomic E-state index is 12.2. The molecule has 12 heteroatoms. The number of nitro benzene ring substituents is 1. The van der Waals surface area contributed by atoms with Gasteiger partial charge in [-0.25, -0.2) is 13.2 Å². The molecule has 1 N–H and O–H groups in total. The minimum absolute atomic E-state index is 0.258. The van der Waals surface area contributed by atoms with E-state index in [1.807, 2.05) is 0 Å². The lowest BCUT2D eigenvalue weighted by molar-refractivity contribution is -0.387. The van der Waals surface area contributed by atoms with Crippen LogP contribution < -0.4 is 14.8 Å². The molecule has 1 heterocycles. The van der Waals surface area contributed by atoms with E-state index in [4.69, 9.17) is 14.2 Å². The number of nitro groups is 1. The first-order valence-corrected chi connectivity index (χ1v) is 11.9. The predicted octanol–water partition coefficient (Wildman–Crippen LogP) is 2.84. The number of hydrogen-bond acceptors (Lipinski definition) is 9. The zero-order valence-corrected chi connectivity index (χ0v) is 18.3. The van der Waals surface area contributed by atoms with Crippen LogP contribution in [0.1, 0.15) is 36.0 Å². The van der Waals surface area contributed by atoms with Gasteiger partial charge in [0.1, 0.15) is 4.90 Å². The summed E-state index contributed by atoms with van der Waals surface area (Å²) in [6.45, 7) is -0.654. The van der Waals surface area contributed by atoms with E-state index in [9.17, 15) is 28.1 Å². The number of hydrogen-bond donors (Lipinski definition) is 1. The van der Waals surface area contributed by atoms with Crippen LogP contribution in [0.2, 0.25) is 0 Å². The van der Waals surface area contributed by atoms with Gasteiger partial charge in [0.05, 0.1) is 10.5 Å². The minimum atomic E-state index is -3.87. The van der Waals surface area contributed by atoms with Crippen molar-refractivity contribution in [3.63, 3.8) is 0 Å². The van der Waals surface area contributed by atoms with Crippen molar-refractivity contribution in [2.45, 2.75) is 36.4 Å². The highest BCUT2D eigenvalue weighted by atomic mass is 32.2. The maximum absolute atomic E-state index is 12.2. The number of fused-ring (bicyclic) bond motifs is 1. The lowest BCUT2D eigenvalue weighted by Gasteiger charge is -2.21. The van der Waals surface area contributed by atoms with Crippen molar-refractivity contribution < 1.29 is 37.1 Å². The van der Waals surface area contributed by atoms with Crippen molar-refractivity contribution in [2.24, 2.45) is 0 Å². The number of amides is 1. The number of esters is 1. The summed E-state index contributed by atoms with van der Waals surface area (Å²) in [7, 11) is -3.87. The molecule has 1 spiro atoms. The number of ether oxygens (including phenoxy) is 3. The molecule has 1 aliphatic heterocycles. The number of rotatable bonds is 6. The Hall–Kier alpha value is -3.67. The first kappa shape index (κ1) is 22.5. The van der Waals surface area contributed by atoms with Gasteiger partial charge in [-0.3, -0.25) is 14.9 Å². The highest BCUT2D eigenvalue weighted by molar-refractivity contribution is 7.90. The average molecular weight is 476 g/mol. The summed E-state index contributed by atoms with van der Waals surface area (Å²) in [4.78, 5) is 34.2. The molecular weight excluding hydrogens is 456 g/mol. The number of carbonyl (C=O) groups is 2. The summed E-state index contributed by atoms with van der Waals surface area (Å²) in [6, 6.07) is 7.77. The third kappa shape index (κ3) is 4.75. The fraction of sp³-hybridized carbons (Fsp3) is 0.333. The van der Waals surface area contributed by atoms with E-state index in [1.165, 1.54) is 0 Å². The van der Waals surface area contributed by atoms with E-state index in [0.717, 1.165) is 50.1 Å². The first-order valence-electron chi connectivity index (χ1n) is 10.0. The molecule has 2 aromatic rings. The zero-order chi connectivity index (χ0) is 23.8. The summed E-state index contributed by atoms with van der Waals surface area (Å²) in [5.74, 6) is -1.16. The molecule has 0 unspecified atom stereocenters. The Morgan fingerprint density at radius 1 is 1.12 bits per heavy atom. The Bertz CT molecular complexity index is 1250. The molecule has 0 saturated heterocycles. The quantitative estimate of drug-likeness (QED) is 0.377. The Morgan fingerprint density at radius 2 is 1.82 bits per heavy atom. The second-order valence-corrected chi connectivity index (χ2v) is 9.80. The number of carbonyl (C=O) groups excluding carboxylic acids is 2. The van der Waals surface area contributed by atoms with Crippen LogP contribution in [-0.4, -0.2) is 43.9 Å². The van der Waals surface area contributed by atoms with Crippen molar-refractivity contribution in [1.29, 1.82) is 0 Å². The zero-order valence-electron chi connectivity index (χ0n) is 17.5. The highest BCUT2D eigenvalue weighted by Crippen LogP contribution is 2.47. The van der Waals surface area contributed by atoms with E-state index in [-0.39, 0.29) is 5.56 Å².